The molecule has 0 aliphatic rings. The number of hydrogen-bond acceptors (Lipinski definition) is 4. The summed E-state index contributed by atoms with van der Waals surface area (Å²) in [5.41, 5.74) is 8.67. The minimum absolute atomic E-state index is 0.236. The molecule has 0 aliphatic heterocycles. The summed E-state index contributed by atoms with van der Waals surface area (Å²) in [5.74, 6) is 0. The molecule has 0 unspecified atom stereocenters. The van der Waals surface area contributed by atoms with E-state index in [9.17, 15) is 0 Å². The molecule has 0 saturated heterocycles. The van der Waals surface area contributed by atoms with E-state index in [-0.39, 0.29) is 12.2 Å². The van der Waals surface area contributed by atoms with Crippen LogP contribution in [-0.4, -0.2) is 22.2 Å². The minimum Gasteiger partial charge on any atom is -0.374 e. The van der Waals surface area contributed by atoms with Crippen molar-refractivity contribution < 1.29 is 9.47 Å². The van der Waals surface area contributed by atoms with Crippen molar-refractivity contribution in [3.63, 3.8) is 0 Å². The predicted molar refractivity (Wildman–Crippen MR) is 108 cm³/mol. The number of nitrogens with zero attached hydrogens (tertiary/aromatic N) is 2. The van der Waals surface area contributed by atoms with Crippen LogP contribution in [0.1, 0.15) is 74.2 Å². The maximum Gasteiger partial charge on any atom is 0.0925 e. The average Bonchev–Trinajstić information content (AvgIpc) is 2.63. The molecule has 0 fully saturated rings. The Morgan fingerprint density at radius 1 is 0.692 bits per heavy atom. The first-order chi connectivity index (χ1) is 12.3. The monoisotopic (exact) mass is 358 g/mol. The van der Waals surface area contributed by atoms with Crippen molar-refractivity contribution >= 4 is 11.0 Å². The SMILES string of the molecule is CC[C@@H](C)OCc1c(CO[C@H](C)CC)c(C)c2nc(C)c(C)nc2c1C. The van der Waals surface area contributed by atoms with Crippen LogP contribution in [0.2, 0.25) is 0 Å². The first-order valence-electron chi connectivity index (χ1n) is 9.79. The van der Waals surface area contributed by atoms with Gasteiger partial charge in [-0.2, -0.15) is 0 Å². The summed E-state index contributed by atoms with van der Waals surface area (Å²) in [6, 6.07) is 0. The fourth-order valence-corrected chi connectivity index (χ4v) is 2.94. The lowest BCUT2D eigenvalue weighted by atomic mass is 9.95. The smallest absolute Gasteiger partial charge is 0.0925 e. The van der Waals surface area contributed by atoms with E-state index in [0.29, 0.717) is 13.2 Å². The fourth-order valence-electron chi connectivity index (χ4n) is 2.94. The van der Waals surface area contributed by atoms with E-state index < -0.39 is 0 Å². The van der Waals surface area contributed by atoms with Gasteiger partial charge in [0, 0.05) is 0 Å². The van der Waals surface area contributed by atoms with Crippen LogP contribution in [0.15, 0.2) is 0 Å². The van der Waals surface area contributed by atoms with Crippen molar-refractivity contribution in [1.82, 2.24) is 9.97 Å². The maximum atomic E-state index is 6.09. The third-order valence-corrected chi connectivity index (χ3v) is 5.46. The van der Waals surface area contributed by atoms with Crippen LogP contribution in [0.25, 0.3) is 11.0 Å². The van der Waals surface area contributed by atoms with E-state index in [2.05, 4.69) is 41.5 Å². The molecule has 0 N–H and O–H groups in total. The number of hydrogen-bond donors (Lipinski definition) is 0. The Morgan fingerprint density at radius 3 is 1.35 bits per heavy atom. The molecule has 4 heteroatoms. The standard InChI is InChI=1S/C22H34N2O2/c1-9-13(3)25-11-19-15(5)21-22(24-18(8)17(7)23-21)16(6)20(19)12-26-14(4)10-2/h13-14H,9-12H2,1-8H3/t13-,14-/m1/s1. The first-order valence-corrected chi connectivity index (χ1v) is 9.79. The van der Waals surface area contributed by atoms with Gasteiger partial charge in [-0.15, -0.1) is 0 Å². The predicted octanol–water partition coefficient (Wildman–Crippen LogP) is 5.49. The van der Waals surface area contributed by atoms with E-state index in [0.717, 1.165) is 46.4 Å². The van der Waals surface area contributed by atoms with Crippen molar-refractivity contribution in [1.29, 1.82) is 0 Å². The Balaban J connectivity index is 2.58. The van der Waals surface area contributed by atoms with E-state index in [1.807, 2.05) is 13.8 Å². The highest BCUT2D eigenvalue weighted by Gasteiger charge is 2.19. The topological polar surface area (TPSA) is 44.2 Å². The van der Waals surface area contributed by atoms with Gasteiger partial charge in [0.25, 0.3) is 0 Å². The number of aromatic nitrogens is 2. The molecule has 0 radical (unpaired) electrons. The summed E-state index contributed by atoms with van der Waals surface area (Å²) < 4.78 is 12.2. The van der Waals surface area contributed by atoms with Gasteiger partial charge in [0.1, 0.15) is 0 Å². The van der Waals surface area contributed by atoms with Crippen molar-refractivity contribution in [2.45, 2.75) is 93.7 Å². The van der Waals surface area contributed by atoms with Crippen LogP contribution in [0.3, 0.4) is 0 Å². The van der Waals surface area contributed by atoms with Gasteiger partial charge < -0.3 is 9.47 Å². The summed E-state index contributed by atoms with van der Waals surface area (Å²) in [4.78, 5) is 9.67. The molecule has 2 aromatic rings. The van der Waals surface area contributed by atoms with Crippen molar-refractivity contribution in [2.24, 2.45) is 0 Å². The molecule has 0 bridgehead atoms. The van der Waals surface area contributed by atoms with Crippen LogP contribution in [0, 0.1) is 27.7 Å². The number of benzene rings is 1. The lowest BCUT2D eigenvalue weighted by Gasteiger charge is -2.21. The van der Waals surface area contributed by atoms with Gasteiger partial charge in [-0.05, 0) is 76.6 Å². The molecule has 4 nitrogen and oxygen atoms in total. The third kappa shape index (κ3) is 4.41. The number of aryl methyl sites for hydroxylation is 4. The molecule has 0 aliphatic carbocycles. The molecule has 1 heterocycles. The first kappa shape index (κ1) is 20.8. The van der Waals surface area contributed by atoms with Gasteiger partial charge in [0.05, 0.1) is 47.8 Å². The van der Waals surface area contributed by atoms with E-state index in [1.54, 1.807) is 0 Å². The van der Waals surface area contributed by atoms with Crippen LogP contribution in [-0.2, 0) is 22.7 Å². The molecular weight excluding hydrogens is 324 g/mol. The van der Waals surface area contributed by atoms with Gasteiger partial charge in [-0.3, -0.25) is 0 Å². The molecule has 0 saturated carbocycles. The van der Waals surface area contributed by atoms with Crippen molar-refractivity contribution in [2.75, 3.05) is 0 Å². The highest BCUT2D eigenvalue weighted by atomic mass is 16.5. The Labute approximate surface area is 158 Å². The zero-order chi connectivity index (χ0) is 19.4. The van der Waals surface area contributed by atoms with Gasteiger partial charge in [0.15, 0.2) is 0 Å². The van der Waals surface area contributed by atoms with Gasteiger partial charge in [-0.1, -0.05) is 13.8 Å². The second-order valence-corrected chi connectivity index (χ2v) is 7.36. The molecule has 0 spiro atoms. The van der Waals surface area contributed by atoms with E-state index in [4.69, 9.17) is 19.4 Å². The fraction of sp³-hybridized carbons (Fsp3) is 0.636. The molecule has 1 aromatic heterocycles. The van der Waals surface area contributed by atoms with Crippen LogP contribution < -0.4 is 0 Å². The summed E-state index contributed by atoms with van der Waals surface area (Å²) >= 11 is 0. The van der Waals surface area contributed by atoms with Crippen LogP contribution in [0.4, 0.5) is 0 Å². The molecule has 144 valence electrons. The van der Waals surface area contributed by atoms with Gasteiger partial charge in [0.2, 0.25) is 0 Å². The second-order valence-electron chi connectivity index (χ2n) is 7.36. The van der Waals surface area contributed by atoms with Crippen molar-refractivity contribution in [3.05, 3.63) is 33.6 Å². The highest BCUT2D eigenvalue weighted by molar-refractivity contribution is 5.84. The maximum absolute atomic E-state index is 6.09. The molecule has 2 atom stereocenters. The largest absolute Gasteiger partial charge is 0.374 e. The normalized spacial score (nSPS) is 14.0. The highest BCUT2D eigenvalue weighted by Crippen LogP contribution is 2.30. The lowest BCUT2D eigenvalue weighted by molar-refractivity contribution is 0.0393. The minimum atomic E-state index is 0.236. The molecule has 0 amide bonds. The summed E-state index contributed by atoms with van der Waals surface area (Å²) in [5, 5.41) is 0. The summed E-state index contributed by atoms with van der Waals surface area (Å²) in [6.45, 7) is 18.0. The Morgan fingerprint density at radius 2 is 1.04 bits per heavy atom. The van der Waals surface area contributed by atoms with E-state index in [1.165, 1.54) is 11.1 Å². The van der Waals surface area contributed by atoms with Crippen LogP contribution >= 0.6 is 0 Å². The van der Waals surface area contributed by atoms with Gasteiger partial charge >= 0.3 is 0 Å². The number of rotatable bonds is 8. The second kappa shape index (κ2) is 8.92. The zero-order valence-electron chi connectivity index (χ0n) is 17.7. The Hall–Kier alpha value is -1.52. The molecule has 2 rings (SSSR count). The molecular formula is C22H34N2O2. The zero-order valence-corrected chi connectivity index (χ0v) is 17.7. The number of fused-ring (bicyclic) bond motifs is 1. The third-order valence-electron chi connectivity index (χ3n) is 5.46. The summed E-state index contributed by atoms with van der Waals surface area (Å²) in [7, 11) is 0. The average molecular weight is 359 g/mol. The van der Waals surface area contributed by atoms with Crippen molar-refractivity contribution in [3.8, 4) is 0 Å². The Kier molecular flexibility index (Phi) is 7.13. The molecule has 1 aromatic carbocycles. The summed E-state index contributed by atoms with van der Waals surface area (Å²) in [6.07, 6.45) is 2.48. The quantitative estimate of drug-likeness (QED) is 0.625. The molecule has 26 heavy (non-hydrogen) atoms. The van der Waals surface area contributed by atoms with Crippen LogP contribution in [0.5, 0.6) is 0 Å². The van der Waals surface area contributed by atoms with Gasteiger partial charge in [-0.25, -0.2) is 9.97 Å². The Bertz CT molecular complexity index is 706. The number of ether oxygens (including phenoxy) is 2. The lowest BCUT2D eigenvalue weighted by Crippen LogP contribution is -2.14. The van der Waals surface area contributed by atoms with E-state index >= 15 is 0 Å².